The molecule has 0 aliphatic rings. The molecule has 1 aromatic rings. The van der Waals surface area contributed by atoms with Crippen LogP contribution < -0.4 is 16.4 Å². The van der Waals surface area contributed by atoms with Crippen molar-refractivity contribution in [1.82, 2.24) is 5.32 Å². The van der Waals surface area contributed by atoms with Crippen LogP contribution in [0.4, 0.5) is 14.5 Å². The van der Waals surface area contributed by atoms with Crippen molar-refractivity contribution >= 4 is 28.8 Å². The van der Waals surface area contributed by atoms with Gasteiger partial charge in [-0.3, -0.25) is 4.79 Å². The summed E-state index contributed by atoms with van der Waals surface area (Å²) in [6, 6.07) is 2.05. The van der Waals surface area contributed by atoms with E-state index in [4.69, 9.17) is 5.73 Å². The van der Waals surface area contributed by atoms with E-state index in [0.29, 0.717) is 0 Å². The highest BCUT2D eigenvalue weighted by Gasteiger charge is 2.16. The van der Waals surface area contributed by atoms with Crippen molar-refractivity contribution in [1.29, 1.82) is 0 Å². The lowest BCUT2D eigenvalue weighted by molar-refractivity contribution is -0.120. The van der Waals surface area contributed by atoms with Gasteiger partial charge in [-0.25, -0.2) is 8.78 Å². The average Bonchev–Trinajstić information content (AvgIpc) is 2.24. The minimum atomic E-state index is -0.851. The van der Waals surface area contributed by atoms with Crippen LogP contribution in [0.3, 0.4) is 0 Å². The van der Waals surface area contributed by atoms with Gasteiger partial charge in [0.1, 0.15) is 22.3 Å². The highest BCUT2D eigenvalue weighted by molar-refractivity contribution is 7.80. The van der Waals surface area contributed by atoms with Crippen LogP contribution in [0.1, 0.15) is 26.3 Å². The molecule has 0 saturated heterocycles. The fraction of sp³-hybridized carbons (Fsp3) is 0.385. The summed E-state index contributed by atoms with van der Waals surface area (Å²) in [5.74, 6) is -2.07. The molecule has 1 aromatic carbocycles. The molecule has 0 atom stereocenters. The first-order valence-electron chi connectivity index (χ1n) is 5.94. The minimum Gasteiger partial charge on any atom is -0.389 e. The summed E-state index contributed by atoms with van der Waals surface area (Å²) in [4.78, 5) is 11.5. The molecule has 0 aromatic heterocycles. The molecule has 20 heavy (non-hydrogen) atoms. The first-order valence-corrected chi connectivity index (χ1v) is 6.34. The Kier molecular flexibility index (Phi) is 4.99. The summed E-state index contributed by atoms with van der Waals surface area (Å²) in [5.41, 5.74) is 4.61. The summed E-state index contributed by atoms with van der Waals surface area (Å²) in [7, 11) is 0. The van der Waals surface area contributed by atoms with Gasteiger partial charge in [0, 0.05) is 11.1 Å². The number of hydrogen-bond acceptors (Lipinski definition) is 3. The van der Waals surface area contributed by atoms with Crippen molar-refractivity contribution in [2.24, 2.45) is 5.73 Å². The molecule has 0 fully saturated rings. The first-order chi connectivity index (χ1) is 9.10. The summed E-state index contributed by atoms with van der Waals surface area (Å²) in [5, 5.41) is 5.09. The van der Waals surface area contributed by atoms with Crippen LogP contribution in [-0.2, 0) is 4.79 Å². The molecule has 0 aliphatic carbocycles. The molecule has 0 saturated carbocycles. The fourth-order valence-electron chi connectivity index (χ4n) is 1.52. The Bertz CT molecular complexity index is 518. The third kappa shape index (κ3) is 4.73. The summed E-state index contributed by atoms with van der Waals surface area (Å²) < 4.78 is 27.4. The van der Waals surface area contributed by atoms with Crippen LogP contribution >= 0.6 is 12.2 Å². The van der Waals surface area contributed by atoms with Crippen LogP contribution in [0.2, 0.25) is 0 Å². The Morgan fingerprint density at radius 2 is 1.80 bits per heavy atom. The number of halogens is 2. The molecule has 0 unspecified atom stereocenters. The lowest BCUT2D eigenvalue weighted by Gasteiger charge is -2.21. The highest BCUT2D eigenvalue weighted by atomic mass is 32.1. The first kappa shape index (κ1) is 16.3. The van der Waals surface area contributed by atoms with Crippen LogP contribution in [0.5, 0.6) is 0 Å². The van der Waals surface area contributed by atoms with Gasteiger partial charge >= 0.3 is 0 Å². The monoisotopic (exact) mass is 301 g/mol. The van der Waals surface area contributed by atoms with Crippen molar-refractivity contribution < 1.29 is 13.6 Å². The molecular weight excluding hydrogens is 284 g/mol. The molecule has 110 valence electrons. The zero-order valence-electron chi connectivity index (χ0n) is 11.5. The second-order valence-corrected chi connectivity index (χ2v) is 5.77. The Morgan fingerprint density at radius 3 is 2.20 bits per heavy atom. The zero-order valence-corrected chi connectivity index (χ0v) is 12.3. The Hall–Kier alpha value is -1.76. The van der Waals surface area contributed by atoms with E-state index in [1.807, 2.05) is 20.8 Å². The maximum Gasteiger partial charge on any atom is 0.239 e. The van der Waals surface area contributed by atoms with E-state index in [9.17, 15) is 13.6 Å². The maximum atomic E-state index is 13.7. The molecule has 1 rings (SSSR count). The molecule has 0 radical (unpaired) electrons. The van der Waals surface area contributed by atoms with E-state index in [1.165, 1.54) is 0 Å². The average molecular weight is 301 g/mol. The van der Waals surface area contributed by atoms with Crippen LogP contribution in [0.25, 0.3) is 0 Å². The number of thiocarbonyl (C=S) groups is 1. The number of anilines is 1. The van der Waals surface area contributed by atoms with Gasteiger partial charge in [-0.1, -0.05) is 12.2 Å². The molecular formula is C13H17F2N3OS. The molecule has 0 aliphatic heterocycles. The van der Waals surface area contributed by atoms with Gasteiger partial charge in [0.15, 0.2) is 0 Å². The number of carbonyl (C=O) groups is 1. The van der Waals surface area contributed by atoms with Crippen molar-refractivity contribution in [2.75, 3.05) is 11.9 Å². The molecule has 1 amide bonds. The summed E-state index contributed by atoms with van der Waals surface area (Å²) in [6.45, 7) is 5.19. The van der Waals surface area contributed by atoms with Gasteiger partial charge in [-0.2, -0.15) is 0 Å². The SMILES string of the molecule is CC(C)(C)NC(=O)CNc1c(F)cc(C(N)=S)cc1F. The number of hydrogen-bond donors (Lipinski definition) is 3. The van der Waals surface area contributed by atoms with Gasteiger partial charge in [0.05, 0.1) is 6.54 Å². The number of carbonyl (C=O) groups excluding carboxylic acids is 1. The third-order valence-corrected chi connectivity index (χ3v) is 2.50. The van der Waals surface area contributed by atoms with Gasteiger partial charge in [0.25, 0.3) is 0 Å². The lowest BCUT2D eigenvalue weighted by atomic mass is 10.1. The Labute approximate surface area is 121 Å². The van der Waals surface area contributed by atoms with E-state index >= 15 is 0 Å². The quantitative estimate of drug-likeness (QED) is 0.743. The standard InChI is InChI=1S/C13H17F2N3OS/c1-13(2,3)18-10(19)6-17-11-8(14)4-7(12(16)20)5-9(11)15/h4-5,17H,6H2,1-3H3,(H2,16,20)(H,18,19). The Morgan fingerprint density at radius 1 is 1.30 bits per heavy atom. The summed E-state index contributed by atoms with van der Waals surface area (Å²) >= 11 is 4.65. The van der Waals surface area contributed by atoms with Crippen LogP contribution in [0.15, 0.2) is 12.1 Å². The van der Waals surface area contributed by atoms with E-state index in [2.05, 4.69) is 22.9 Å². The Balaban J connectivity index is 2.79. The van der Waals surface area contributed by atoms with Crippen molar-refractivity contribution in [3.8, 4) is 0 Å². The minimum absolute atomic E-state index is 0.0969. The van der Waals surface area contributed by atoms with E-state index in [1.54, 1.807) is 0 Å². The van der Waals surface area contributed by atoms with Crippen molar-refractivity contribution in [3.05, 3.63) is 29.3 Å². The van der Waals surface area contributed by atoms with Crippen molar-refractivity contribution in [3.63, 3.8) is 0 Å². The third-order valence-electron chi connectivity index (χ3n) is 2.27. The van der Waals surface area contributed by atoms with E-state index in [0.717, 1.165) is 12.1 Å². The van der Waals surface area contributed by atoms with Gasteiger partial charge < -0.3 is 16.4 Å². The number of nitrogens with two attached hydrogens (primary N) is 1. The lowest BCUT2D eigenvalue weighted by Crippen LogP contribution is -2.43. The fourth-order valence-corrected chi connectivity index (χ4v) is 1.63. The van der Waals surface area contributed by atoms with Gasteiger partial charge in [-0.05, 0) is 32.9 Å². The topological polar surface area (TPSA) is 67.2 Å². The normalized spacial score (nSPS) is 11.1. The van der Waals surface area contributed by atoms with Crippen LogP contribution in [-0.4, -0.2) is 23.0 Å². The largest absolute Gasteiger partial charge is 0.389 e. The molecule has 4 N–H and O–H groups in total. The molecule has 0 spiro atoms. The highest BCUT2D eigenvalue weighted by Crippen LogP contribution is 2.20. The number of amides is 1. The van der Waals surface area contributed by atoms with Gasteiger partial charge in [-0.15, -0.1) is 0 Å². The summed E-state index contributed by atoms with van der Waals surface area (Å²) in [6.07, 6.45) is 0. The van der Waals surface area contributed by atoms with Crippen LogP contribution in [0, 0.1) is 11.6 Å². The van der Waals surface area contributed by atoms with E-state index < -0.39 is 17.2 Å². The zero-order chi connectivity index (χ0) is 15.5. The predicted octanol–water partition coefficient (Wildman–Crippen LogP) is 1.93. The van der Waals surface area contributed by atoms with Crippen molar-refractivity contribution in [2.45, 2.75) is 26.3 Å². The van der Waals surface area contributed by atoms with Gasteiger partial charge in [0.2, 0.25) is 5.91 Å². The molecule has 7 heteroatoms. The number of nitrogens with one attached hydrogen (secondary N) is 2. The maximum absolute atomic E-state index is 13.7. The van der Waals surface area contributed by atoms with E-state index in [-0.39, 0.29) is 28.7 Å². The molecule has 0 heterocycles. The second kappa shape index (κ2) is 6.13. The smallest absolute Gasteiger partial charge is 0.239 e. The number of rotatable bonds is 4. The molecule has 4 nitrogen and oxygen atoms in total. The second-order valence-electron chi connectivity index (χ2n) is 5.33. The molecule has 0 bridgehead atoms. The number of benzene rings is 1. The predicted molar refractivity (Wildman–Crippen MR) is 78.6 cm³/mol.